The number of hydrogen-bond donors (Lipinski definition) is 2. The first-order valence-corrected chi connectivity index (χ1v) is 10.1. The number of nitrogens with zero attached hydrogens (tertiary/aromatic N) is 1. The van der Waals surface area contributed by atoms with Gasteiger partial charge in [0.25, 0.3) is 5.91 Å². The molecule has 2 saturated heterocycles. The quantitative estimate of drug-likeness (QED) is 0.728. The van der Waals surface area contributed by atoms with Gasteiger partial charge in [-0.2, -0.15) is 0 Å². The summed E-state index contributed by atoms with van der Waals surface area (Å²) >= 11 is 0. The fourth-order valence-electron chi connectivity index (χ4n) is 3.59. The minimum Gasteiger partial charge on any atom is -0.466 e. The first-order valence-electron chi connectivity index (χ1n) is 10.1. The Balaban J connectivity index is 1.51. The molecule has 2 N–H and O–H groups in total. The largest absolute Gasteiger partial charge is 0.466 e. The van der Waals surface area contributed by atoms with Gasteiger partial charge >= 0.3 is 5.97 Å². The third-order valence-corrected chi connectivity index (χ3v) is 5.74. The molecule has 28 heavy (non-hydrogen) atoms. The first kappa shape index (κ1) is 20.3. The molecule has 2 fully saturated rings. The van der Waals surface area contributed by atoms with Gasteiger partial charge in [-0.25, -0.2) is 0 Å². The molecule has 1 aromatic carbocycles. The number of nitrogens with one attached hydrogen (secondary N) is 2. The molecule has 0 radical (unpaired) electrons. The van der Waals surface area contributed by atoms with Crippen LogP contribution in [0.15, 0.2) is 24.3 Å². The van der Waals surface area contributed by atoms with Crippen LogP contribution in [0.4, 0.5) is 5.69 Å². The predicted molar refractivity (Wildman–Crippen MR) is 106 cm³/mol. The molecule has 1 unspecified atom stereocenters. The zero-order valence-corrected chi connectivity index (χ0v) is 16.6. The van der Waals surface area contributed by atoms with Crippen LogP contribution in [0.1, 0.15) is 37.0 Å². The summed E-state index contributed by atoms with van der Waals surface area (Å²) in [5.41, 5.74) is 1.28. The standard InChI is InChI=1S/C21H29N3O4/c1-3-28-21(27)16-8-10-24(11-9-16)20(26)15-4-6-18(7-5-15)23-19(25)14(2)17-12-22-13-17/h4-7,14,16-17,22H,3,8-13H2,1-2H3,(H,23,25). The molecular weight excluding hydrogens is 358 g/mol. The van der Waals surface area contributed by atoms with Gasteiger partial charge in [0.2, 0.25) is 5.91 Å². The summed E-state index contributed by atoms with van der Waals surface area (Å²) in [5, 5.41) is 6.10. The maximum atomic E-state index is 12.7. The Hall–Kier alpha value is -2.41. The molecule has 2 heterocycles. The highest BCUT2D eigenvalue weighted by atomic mass is 16.5. The van der Waals surface area contributed by atoms with Crippen molar-refractivity contribution in [3.63, 3.8) is 0 Å². The lowest BCUT2D eigenvalue weighted by Crippen LogP contribution is -2.48. The van der Waals surface area contributed by atoms with Crippen molar-refractivity contribution in [2.24, 2.45) is 17.8 Å². The van der Waals surface area contributed by atoms with E-state index in [-0.39, 0.29) is 29.6 Å². The summed E-state index contributed by atoms with van der Waals surface area (Å²) in [7, 11) is 0. The molecule has 152 valence electrons. The van der Waals surface area contributed by atoms with Crippen molar-refractivity contribution < 1.29 is 19.1 Å². The van der Waals surface area contributed by atoms with Crippen LogP contribution in [-0.4, -0.2) is 55.5 Å². The highest BCUT2D eigenvalue weighted by Gasteiger charge is 2.30. The Bertz CT molecular complexity index is 707. The molecule has 1 atom stereocenters. The van der Waals surface area contributed by atoms with E-state index in [1.54, 1.807) is 36.1 Å². The maximum absolute atomic E-state index is 12.7. The lowest BCUT2D eigenvalue weighted by molar-refractivity contribution is -0.149. The van der Waals surface area contributed by atoms with Crippen LogP contribution < -0.4 is 10.6 Å². The van der Waals surface area contributed by atoms with Crippen molar-refractivity contribution >= 4 is 23.5 Å². The Kier molecular flexibility index (Phi) is 6.67. The van der Waals surface area contributed by atoms with E-state index in [9.17, 15) is 14.4 Å². The second-order valence-corrected chi connectivity index (χ2v) is 7.59. The van der Waals surface area contributed by atoms with Gasteiger partial charge in [0.15, 0.2) is 0 Å². The Morgan fingerprint density at radius 2 is 1.82 bits per heavy atom. The van der Waals surface area contributed by atoms with Crippen LogP contribution in [0.5, 0.6) is 0 Å². The van der Waals surface area contributed by atoms with Crippen molar-refractivity contribution in [1.82, 2.24) is 10.2 Å². The smallest absolute Gasteiger partial charge is 0.309 e. The van der Waals surface area contributed by atoms with Gasteiger partial charge in [-0.1, -0.05) is 6.92 Å². The highest BCUT2D eigenvalue weighted by molar-refractivity contribution is 5.96. The summed E-state index contributed by atoms with van der Waals surface area (Å²) < 4.78 is 5.07. The van der Waals surface area contributed by atoms with Gasteiger partial charge in [0.05, 0.1) is 12.5 Å². The molecule has 2 aliphatic rings. The molecule has 0 saturated carbocycles. The van der Waals surface area contributed by atoms with Gasteiger partial charge in [0, 0.05) is 30.3 Å². The van der Waals surface area contributed by atoms with Gasteiger partial charge < -0.3 is 20.3 Å². The van der Waals surface area contributed by atoms with Crippen LogP contribution in [0.2, 0.25) is 0 Å². The van der Waals surface area contributed by atoms with Crippen LogP contribution in [0.3, 0.4) is 0 Å². The van der Waals surface area contributed by atoms with Gasteiger partial charge in [-0.05, 0) is 63.0 Å². The normalized spacial score (nSPS) is 18.9. The fraction of sp³-hybridized carbons (Fsp3) is 0.571. The van der Waals surface area contributed by atoms with Crippen molar-refractivity contribution in [3.05, 3.63) is 29.8 Å². The third kappa shape index (κ3) is 4.70. The molecule has 0 aromatic heterocycles. The molecule has 0 bridgehead atoms. The topological polar surface area (TPSA) is 87.7 Å². The fourth-order valence-corrected chi connectivity index (χ4v) is 3.59. The Morgan fingerprint density at radius 3 is 2.36 bits per heavy atom. The molecule has 3 rings (SSSR count). The second-order valence-electron chi connectivity index (χ2n) is 7.59. The van der Waals surface area contributed by atoms with Crippen LogP contribution in [0.25, 0.3) is 0 Å². The average molecular weight is 387 g/mol. The minimum absolute atomic E-state index is 0.00612. The number of piperidine rings is 1. The predicted octanol–water partition coefficient (Wildman–Crippen LogP) is 1.90. The summed E-state index contributed by atoms with van der Waals surface area (Å²) in [4.78, 5) is 38.6. The zero-order chi connectivity index (χ0) is 20.1. The minimum atomic E-state index is -0.165. The van der Waals surface area contributed by atoms with Gasteiger partial charge in [0.1, 0.15) is 0 Å². The number of benzene rings is 1. The SMILES string of the molecule is CCOC(=O)C1CCN(C(=O)c2ccc(NC(=O)C(C)C3CNC3)cc2)CC1. The first-order chi connectivity index (χ1) is 13.5. The summed E-state index contributed by atoms with van der Waals surface area (Å²) in [6.45, 7) is 6.99. The van der Waals surface area contributed by atoms with Gasteiger partial charge in [-0.15, -0.1) is 0 Å². The highest BCUT2D eigenvalue weighted by Crippen LogP contribution is 2.22. The van der Waals surface area contributed by atoms with E-state index >= 15 is 0 Å². The molecule has 1 aromatic rings. The molecule has 0 aliphatic carbocycles. The number of likely N-dealkylation sites (tertiary alicyclic amines) is 1. The van der Waals surface area contributed by atoms with E-state index in [4.69, 9.17) is 4.74 Å². The van der Waals surface area contributed by atoms with E-state index < -0.39 is 0 Å². The van der Waals surface area contributed by atoms with E-state index in [1.165, 1.54) is 0 Å². The summed E-state index contributed by atoms with van der Waals surface area (Å²) in [6, 6.07) is 7.01. The molecule has 0 spiro atoms. The van der Waals surface area contributed by atoms with Crippen molar-refractivity contribution in [3.8, 4) is 0 Å². The molecular formula is C21H29N3O4. The number of amides is 2. The molecule has 7 nitrogen and oxygen atoms in total. The second kappa shape index (κ2) is 9.19. The number of carbonyl (C=O) groups excluding carboxylic acids is 3. The lowest BCUT2D eigenvalue weighted by Gasteiger charge is -2.31. The number of anilines is 1. The average Bonchev–Trinajstić information content (AvgIpc) is 2.67. The monoisotopic (exact) mass is 387 g/mol. The van der Waals surface area contributed by atoms with E-state index in [2.05, 4.69) is 10.6 Å². The van der Waals surface area contributed by atoms with E-state index in [0.29, 0.717) is 49.7 Å². The zero-order valence-electron chi connectivity index (χ0n) is 16.6. The van der Waals surface area contributed by atoms with Crippen LogP contribution in [-0.2, 0) is 14.3 Å². The number of esters is 1. The third-order valence-electron chi connectivity index (χ3n) is 5.74. The number of rotatable bonds is 6. The van der Waals surface area contributed by atoms with Crippen molar-refractivity contribution in [2.75, 3.05) is 38.1 Å². The van der Waals surface area contributed by atoms with Crippen LogP contribution in [0, 0.1) is 17.8 Å². The summed E-state index contributed by atoms with van der Waals surface area (Å²) in [6.07, 6.45) is 1.26. The molecule has 2 aliphatic heterocycles. The van der Waals surface area contributed by atoms with Gasteiger partial charge in [-0.3, -0.25) is 14.4 Å². The Morgan fingerprint density at radius 1 is 1.18 bits per heavy atom. The number of ether oxygens (including phenoxy) is 1. The molecule has 2 amide bonds. The molecule has 7 heteroatoms. The van der Waals surface area contributed by atoms with E-state index in [0.717, 1.165) is 13.1 Å². The lowest BCUT2D eigenvalue weighted by atomic mass is 9.88. The van der Waals surface area contributed by atoms with E-state index in [1.807, 2.05) is 6.92 Å². The summed E-state index contributed by atoms with van der Waals surface area (Å²) in [5.74, 6) is 0.0263. The van der Waals surface area contributed by atoms with Crippen molar-refractivity contribution in [2.45, 2.75) is 26.7 Å². The number of carbonyl (C=O) groups is 3. The Labute approximate surface area is 165 Å². The number of hydrogen-bond acceptors (Lipinski definition) is 5. The van der Waals surface area contributed by atoms with Crippen molar-refractivity contribution in [1.29, 1.82) is 0 Å². The van der Waals surface area contributed by atoms with Crippen LogP contribution >= 0.6 is 0 Å². The maximum Gasteiger partial charge on any atom is 0.309 e.